The third kappa shape index (κ3) is 3.25. The van der Waals surface area contributed by atoms with Gasteiger partial charge < -0.3 is 14.9 Å². The average Bonchev–Trinajstić information content (AvgIpc) is 2.95. The molecule has 1 aliphatic heterocycles. The molecule has 1 aliphatic rings. The summed E-state index contributed by atoms with van der Waals surface area (Å²) in [5, 5.41) is 0. The quantitative estimate of drug-likeness (QED) is 0.477. The van der Waals surface area contributed by atoms with E-state index >= 15 is 0 Å². The monoisotopic (exact) mass is 302 g/mol. The van der Waals surface area contributed by atoms with E-state index in [1.54, 1.807) is 7.11 Å². The van der Waals surface area contributed by atoms with E-state index in [2.05, 4.69) is 15.1 Å². The Morgan fingerprint density at radius 1 is 1.55 bits per heavy atom. The second-order valence-corrected chi connectivity index (χ2v) is 6.30. The highest BCUT2D eigenvalue weighted by atomic mass is 32.2. The Balaban J connectivity index is 2.06. The maximum Gasteiger partial charge on any atom is 0.242 e. The zero-order chi connectivity index (χ0) is 14.6. The molecule has 0 radical (unpaired) electrons. The van der Waals surface area contributed by atoms with E-state index in [-0.39, 0.29) is 11.4 Å². The average molecular weight is 302 g/mol. The Hall–Kier alpha value is -1.26. The van der Waals surface area contributed by atoms with Crippen molar-refractivity contribution in [3.8, 4) is 0 Å². The van der Waals surface area contributed by atoms with E-state index in [0.29, 0.717) is 25.5 Å². The van der Waals surface area contributed by atoms with Crippen molar-refractivity contribution in [1.82, 2.24) is 9.71 Å². The van der Waals surface area contributed by atoms with Crippen LogP contribution in [-0.4, -0.2) is 45.9 Å². The Bertz CT molecular complexity index is 540. The first-order valence-corrected chi connectivity index (χ1v) is 7.55. The van der Waals surface area contributed by atoms with E-state index in [1.165, 1.54) is 18.3 Å². The first kappa shape index (κ1) is 15.1. The SMILES string of the molecule is COC1(CNS(=O)(=O)c2ccc(NN)nc2)CCOC1. The smallest absolute Gasteiger partial charge is 0.242 e. The molecule has 112 valence electrons. The summed E-state index contributed by atoms with van der Waals surface area (Å²) in [4.78, 5) is 3.94. The predicted octanol–water partition coefficient (Wildman–Crippen LogP) is -0.549. The lowest BCUT2D eigenvalue weighted by Crippen LogP contribution is -2.44. The van der Waals surface area contributed by atoms with E-state index < -0.39 is 15.6 Å². The summed E-state index contributed by atoms with van der Waals surface area (Å²) < 4.78 is 37.4. The summed E-state index contributed by atoms with van der Waals surface area (Å²) in [6.07, 6.45) is 1.89. The predicted molar refractivity (Wildman–Crippen MR) is 72.4 cm³/mol. The van der Waals surface area contributed by atoms with Crippen LogP contribution in [-0.2, 0) is 19.5 Å². The fraction of sp³-hybridized carbons (Fsp3) is 0.545. The van der Waals surface area contributed by atoms with Crippen molar-refractivity contribution in [2.24, 2.45) is 5.84 Å². The van der Waals surface area contributed by atoms with Crippen molar-refractivity contribution in [2.75, 3.05) is 32.3 Å². The van der Waals surface area contributed by atoms with Gasteiger partial charge in [-0.3, -0.25) is 0 Å². The van der Waals surface area contributed by atoms with E-state index in [4.69, 9.17) is 15.3 Å². The number of hydrogen-bond acceptors (Lipinski definition) is 7. The van der Waals surface area contributed by atoms with Gasteiger partial charge in [-0.1, -0.05) is 0 Å². The molecule has 1 unspecified atom stereocenters. The van der Waals surface area contributed by atoms with Crippen LogP contribution < -0.4 is 16.0 Å². The first-order valence-electron chi connectivity index (χ1n) is 6.07. The number of methoxy groups -OCH3 is 1. The number of pyridine rings is 1. The third-order valence-corrected chi connectivity index (χ3v) is 4.67. The Morgan fingerprint density at radius 3 is 2.85 bits per heavy atom. The van der Waals surface area contributed by atoms with Gasteiger partial charge in [0.25, 0.3) is 0 Å². The number of ether oxygens (including phenoxy) is 2. The molecule has 0 spiro atoms. The molecule has 8 nitrogen and oxygen atoms in total. The molecule has 4 N–H and O–H groups in total. The van der Waals surface area contributed by atoms with Crippen molar-refractivity contribution in [3.63, 3.8) is 0 Å². The minimum atomic E-state index is -3.64. The highest BCUT2D eigenvalue weighted by Crippen LogP contribution is 2.22. The molecule has 0 saturated carbocycles. The van der Waals surface area contributed by atoms with Gasteiger partial charge in [0.2, 0.25) is 10.0 Å². The van der Waals surface area contributed by atoms with Crippen LogP contribution >= 0.6 is 0 Å². The van der Waals surface area contributed by atoms with Gasteiger partial charge >= 0.3 is 0 Å². The zero-order valence-corrected chi connectivity index (χ0v) is 11.9. The van der Waals surface area contributed by atoms with E-state index in [0.717, 1.165) is 0 Å². The van der Waals surface area contributed by atoms with Crippen LogP contribution in [0.2, 0.25) is 0 Å². The van der Waals surface area contributed by atoms with Gasteiger partial charge in [0, 0.05) is 32.9 Å². The van der Waals surface area contributed by atoms with Gasteiger partial charge in [-0.25, -0.2) is 24.0 Å². The number of anilines is 1. The summed E-state index contributed by atoms with van der Waals surface area (Å²) in [6, 6.07) is 2.91. The molecular weight excluding hydrogens is 284 g/mol. The number of nitrogen functional groups attached to an aromatic ring is 1. The minimum absolute atomic E-state index is 0.0710. The molecule has 9 heteroatoms. The number of hydrazine groups is 1. The molecule has 2 rings (SSSR count). The number of sulfonamides is 1. The second-order valence-electron chi connectivity index (χ2n) is 4.54. The molecule has 0 aliphatic carbocycles. The van der Waals surface area contributed by atoms with Crippen LogP contribution in [0.4, 0.5) is 5.82 Å². The number of nitrogens with two attached hydrogens (primary N) is 1. The number of aromatic nitrogens is 1. The van der Waals surface area contributed by atoms with Gasteiger partial charge in [0.1, 0.15) is 16.3 Å². The summed E-state index contributed by atoms with van der Waals surface area (Å²) in [7, 11) is -2.09. The lowest BCUT2D eigenvalue weighted by Gasteiger charge is -2.25. The van der Waals surface area contributed by atoms with Crippen LogP contribution in [0.3, 0.4) is 0 Å². The third-order valence-electron chi connectivity index (χ3n) is 3.28. The van der Waals surface area contributed by atoms with Gasteiger partial charge in [0.15, 0.2) is 0 Å². The Morgan fingerprint density at radius 2 is 2.35 bits per heavy atom. The highest BCUT2D eigenvalue weighted by molar-refractivity contribution is 7.89. The van der Waals surface area contributed by atoms with E-state index in [1.807, 2.05) is 0 Å². The summed E-state index contributed by atoms with van der Waals surface area (Å²) in [6.45, 7) is 1.09. The van der Waals surface area contributed by atoms with Gasteiger partial charge in [-0.15, -0.1) is 0 Å². The molecule has 1 fully saturated rings. The summed E-state index contributed by atoms with van der Waals surface area (Å²) in [5.74, 6) is 5.57. The zero-order valence-electron chi connectivity index (χ0n) is 11.1. The standard InChI is InChI=1S/C11H18N4O4S/c1-18-11(4-5-19-8-11)7-14-20(16,17)9-2-3-10(15-12)13-6-9/h2-3,6,14H,4-5,7-8,12H2,1H3,(H,13,15). The Kier molecular flexibility index (Phi) is 4.55. The number of hydrogen-bond donors (Lipinski definition) is 3. The molecule has 1 atom stereocenters. The molecule has 1 aromatic rings. The topological polar surface area (TPSA) is 116 Å². The van der Waals surface area contributed by atoms with E-state index in [9.17, 15) is 8.42 Å². The van der Waals surface area contributed by atoms with Crippen LogP contribution in [0.5, 0.6) is 0 Å². The van der Waals surface area contributed by atoms with Crippen LogP contribution in [0, 0.1) is 0 Å². The highest BCUT2D eigenvalue weighted by Gasteiger charge is 2.36. The maximum atomic E-state index is 12.1. The largest absolute Gasteiger partial charge is 0.378 e. The van der Waals surface area contributed by atoms with Crippen LogP contribution in [0.1, 0.15) is 6.42 Å². The van der Waals surface area contributed by atoms with Crippen molar-refractivity contribution >= 4 is 15.8 Å². The molecule has 2 heterocycles. The second kappa shape index (κ2) is 6.02. The van der Waals surface area contributed by atoms with Crippen molar-refractivity contribution in [3.05, 3.63) is 18.3 Å². The fourth-order valence-corrected chi connectivity index (χ4v) is 2.95. The molecule has 0 amide bonds. The maximum absolute atomic E-state index is 12.1. The molecule has 1 aromatic heterocycles. The van der Waals surface area contributed by atoms with Gasteiger partial charge in [-0.2, -0.15) is 0 Å². The summed E-state index contributed by atoms with van der Waals surface area (Å²) >= 11 is 0. The lowest BCUT2D eigenvalue weighted by molar-refractivity contribution is -0.0120. The number of rotatable bonds is 6. The first-order chi connectivity index (χ1) is 9.51. The number of nitrogens with one attached hydrogen (secondary N) is 2. The molecular formula is C11H18N4O4S. The summed E-state index contributed by atoms with van der Waals surface area (Å²) in [5.41, 5.74) is 1.74. The normalized spacial score (nSPS) is 22.9. The van der Waals surface area contributed by atoms with Crippen LogP contribution in [0.15, 0.2) is 23.2 Å². The van der Waals surface area contributed by atoms with Crippen molar-refractivity contribution in [2.45, 2.75) is 16.9 Å². The minimum Gasteiger partial charge on any atom is -0.378 e. The van der Waals surface area contributed by atoms with Crippen molar-refractivity contribution in [1.29, 1.82) is 0 Å². The Labute approximate surface area is 117 Å². The lowest BCUT2D eigenvalue weighted by atomic mass is 10.0. The molecule has 1 saturated heterocycles. The van der Waals surface area contributed by atoms with Gasteiger partial charge in [-0.05, 0) is 12.1 Å². The molecule has 0 bridgehead atoms. The van der Waals surface area contributed by atoms with Gasteiger partial charge in [0.05, 0.1) is 6.61 Å². The molecule has 0 aromatic carbocycles. The number of nitrogens with zero attached hydrogens (tertiary/aromatic N) is 1. The van der Waals surface area contributed by atoms with Crippen molar-refractivity contribution < 1.29 is 17.9 Å². The fourth-order valence-electron chi connectivity index (χ4n) is 1.90. The van der Waals surface area contributed by atoms with Crippen LogP contribution in [0.25, 0.3) is 0 Å². The molecule has 20 heavy (non-hydrogen) atoms.